The molecule has 0 spiro atoms. The summed E-state index contributed by atoms with van der Waals surface area (Å²) < 4.78 is 0. The minimum atomic E-state index is -0.195. The Labute approximate surface area is 137 Å². The number of carbonyl (C=O) groups excluding carboxylic acids is 2. The van der Waals surface area contributed by atoms with Crippen molar-refractivity contribution in [3.63, 3.8) is 0 Å². The number of carbonyl (C=O) groups is 2. The molecule has 1 aliphatic carbocycles. The van der Waals surface area contributed by atoms with Gasteiger partial charge in [-0.2, -0.15) is 0 Å². The van der Waals surface area contributed by atoms with Crippen molar-refractivity contribution in [2.75, 3.05) is 23.3 Å². The van der Waals surface area contributed by atoms with Gasteiger partial charge in [-0.1, -0.05) is 6.07 Å². The lowest BCUT2D eigenvalue weighted by molar-refractivity contribution is 0.102. The second kappa shape index (κ2) is 5.66. The number of urea groups is 1. The number of amides is 3. The lowest BCUT2D eigenvalue weighted by atomic mass is 10.2. The van der Waals surface area contributed by atoms with Crippen LogP contribution in [0.15, 0.2) is 24.3 Å². The SMILES string of the molecule is O=C(Nc1nc2c(s1)CCC2)c1cccc(N2CCNC2=O)c1. The van der Waals surface area contributed by atoms with Gasteiger partial charge in [-0.15, -0.1) is 11.3 Å². The van der Waals surface area contributed by atoms with Crippen LogP contribution in [0.2, 0.25) is 0 Å². The third-order valence-electron chi connectivity index (χ3n) is 4.09. The zero-order chi connectivity index (χ0) is 15.8. The normalized spacial score (nSPS) is 16.3. The number of fused-ring (bicyclic) bond motifs is 1. The summed E-state index contributed by atoms with van der Waals surface area (Å²) in [5.74, 6) is -0.195. The van der Waals surface area contributed by atoms with E-state index in [1.165, 1.54) is 4.88 Å². The maximum absolute atomic E-state index is 12.4. The van der Waals surface area contributed by atoms with Gasteiger partial charge in [0, 0.05) is 29.2 Å². The molecule has 0 saturated carbocycles. The topological polar surface area (TPSA) is 74.3 Å². The maximum Gasteiger partial charge on any atom is 0.321 e. The molecular weight excluding hydrogens is 312 g/mol. The molecule has 1 aromatic heterocycles. The number of benzene rings is 1. The Bertz CT molecular complexity index is 765. The molecule has 1 saturated heterocycles. The highest BCUT2D eigenvalue weighted by Crippen LogP contribution is 2.30. The molecule has 0 radical (unpaired) electrons. The van der Waals surface area contributed by atoms with Gasteiger partial charge >= 0.3 is 6.03 Å². The summed E-state index contributed by atoms with van der Waals surface area (Å²) >= 11 is 1.56. The van der Waals surface area contributed by atoms with E-state index in [-0.39, 0.29) is 11.9 Å². The minimum absolute atomic E-state index is 0.126. The van der Waals surface area contributed by atoms with Crippen molar-refractivity contribution in [2.45, 2.75) is 19.3 Å². The zero-order valence-corrected chi connectivity index (χ0v) is 13.3. The van der Waals surface area contributed by atoms with Crippen molar-refractivity contribution in [3.8, 4) is 0 Å². The number of thiazole rings is 1. The Balaban J connectivity index is 1.52. The quantitative estimate of drug-likeness (QED) is 0.908. The largest absolute Gasteiger partial charge is 0.336 e. The van der Waals surface area contributed by atoms with Gasteiger partial charge in [0.05, 0.1) is 5.69 Å². The van der Waals surface area contributed by atoms with Gasteiger partial charge in [0.15, 0.2) is 5.13 Å². The van der Waals surface area contributed by atoms with Gasteiger partial charge in [0.2, 0.25) is 0 Å². The highest BCUT2D eigenvalue weighted by atomic mass is 32.1. The average Bonchev–Trinajstić information content (AvgIpc) is 3.23. The fraction of sp³-hybridized carbons (Fsp3) is 0.312. The van der Waals surface area contributed by atoms with Gasteiger partial charge in [-0.05, 0) is 37.5 Å². The number of hydrogen-bond donors (Lipinski definition) is 2. The smallest absolute Gasteiger partial charge is 0.321 e. The highest BCUT2D eigenvalue weighted by molar-refractivity contribution is 7.16. The van der Waals surface area contributed by atoms with E-state index in [1.54, 1.807) is 34.4 Å². The van der Waals surface area contributed by atoms with Crippen molar-refractivity contribution in [2.24, 2.45) is 0 Å². The van der Waals surface area contributed by atoms with E-state index in [9.17, 15) is 9.59 Å². The fourth-order valence-corrected chi connectivity index (χ4v) is 3.99. The van der Waals surface area contributed by atoms with Gasteiger partial charge in [0.25, 0.3) is 5.91 Å². The van der Waals surface area contributed by atoms with E-state index in [1.807, 2.05) is 6.07 Å². The third-order valence-corrected chi connectivity index (χ3v) is 5.17. The van der Waals surface area contributed by atoms with Crippen LogP contribution in [0.3, 0.4) is 0 Å². The van der Waals surface area contributed by atoms with E-state index in [0.717, 1.165) is 30.6 Å². The summed E-state index contributed by atoms with van der Waals surface area (Å²) in [7, 11) is 0. The van der Waals surface area contributed by atoms with Crippen LogP contribution in [0, 0.1) is 0 Å². The summed E-state index contributed by atoms with van der Waals surface area (Å²) in [6.07, 6.45) is 3.21. The first-order valence-corrected chi connectivity index (χ1v) is 8.48. The monoisotopic (exact) mass is 328 g/mol. The van der Waals surface area contributed by atoms with Crippen LogP contribution in [0.5, 0.6) is 0 Å². The summed E-state index contributed by atoms with van der Waals surface area (Å²) in [6, 6.07) is 6.98. The predicted octanol–water partition coefficient (Wildman–Crippen LogP) is 2.41. The van der Waals surface area contributed by atoms with Gasteiger partial charge < -0.3 is 5.32 Å². The summed E-state index contributed by atoms with van der Waals surface area (Å²) in [6.45, 7) is 1.24. The number of nitrogens with one attached hydrogen (secondary N) is 2. The summed E-state index contributed by atoms with van der Waals surface area (Å²) in [5, 5.41) is 6.28. The number of hydrogen-bond acceptors (Lipinski definition) is 4. The first-order valence-electron chi connectivity index (χ1n) is 7.66. The summed E-state index contributed by atoms with van der Waals surface area (Å²) in [4.78, 5) is 31.6. The Morgan fingerprint density at radius 3 is 3.04 bits per heavy atom. The van der Waals surface area contributed by atoms with Gasteiger partial charge in [-0.3, -0.25) is 15.0 Å². The molecule has 0 unspecified atom stereocenters. The number of nitrogens with zero attached hydrogens (tertiary/aromatic N) is 2. The summed E-state index contributed by atoms with van der Waals surface area (Å²) in [5.41, 5.74) is 2.37. The van der Waals surface area contributed by atoms with Crippen molar-refractivity contribution in [3.05, 3.63) is 40.4 Å². The zero-order valence-electron chi connectivity index (χ0n) is 12.5. The van der Waals surface area contributed by atoms with Crippen LogP contribution in [0.25, 0.3) is 0 Å². The standard InChI is InChI=1S/C16H16N4O2S/c21-14(19-15-18-12-5-2-6-13(12)23-15)10-3-1-4-11(9-10)20-8-7-17-16(20)22/h1,3-4,9H,2,5-8H2,(H,17,22)(H,18,19,21). The van der Waals surface area contributed by atoms with Crippen molar-refractivity contribution < 1.29 is 9.59 Å². The molecule has 6 nitrogen and oxygen atoms in total. The lowest BCUT2D eigenvalue weighted by Gasteiger charge is -2.14. The first kappa shape index (κ1) is 14.2. The van der Waals surface area contributed by atoms with Crippen molar-refractivity contribution >= 4 is 34.1 Å². The Morgan fingerprint density at radius 2 is 2.26 bits per heavy atom. The molecule has 1 fully saturated rings. The molecule has 1 aliphatic heterocycles. The minimum Gasteiger partial charge on any atom is -0.336 e. The molecule has 118 valence electrons. The van der Waals surface area contributed by atoms with E-state index >= 15 is 0 Å². The highest BCUT2D eigenvalue weighted by Gasteiger charge is 2.22. The first-order chi connectivity index (χ1) is 11.2. The molecule has 23 heavy (non-hydrogen) atoms. The second-order valence-electron chi connectivity index (χ2n) is 5.63. The maximum atomic E-state index is 12.4. The Kier molecular flexibility index (Phi) is 3.49. The molecule has 2 heterocycles. The Morgan fingerprint density at radius 1 is 1.35 bits per heavy atom. The third kappa shape index (κ3) is 2.68. The predicted molar refractivity (Wildman–Crippen MR) is 89.3 cm³/mol. The van der Waals surface area contributed by atoms with Gasteiger partial charge in [0.1, 0.15) is 0 Å². The van der Waals surface area contributed by atoms with E-state index < -0.39 is 0 Å². The van der Waals surface area contributed by atoms with Crippen LogP contribution in [0.1, 0.15) is 27.3 Å². The van der Waals surface area contributed by atoms with Crippen LogP contribution in [-0.4, -0.2) is 30.0 Å². The van der Waals surface area contributed by atoms with E-state index in [2.05, 4.69) is 15.6 Å². The molecule has 7 heteroatoms. The van der Waals surface area contributed by atoms with Crippen molar-refractivity contribution in [1.29, 1.82) is 0 Å². The molecule has 2 aromatic rings. The van der Waals surface area contributed by atoms with Gasteiger partial charge in [-0.25, -0.2) is 9.78 Å². The molecule has 1 aromatic carbocycles. The van der Waals surface area contributed by atoms with Crippen LogP contribution >= 0.6 is 11.3 Å². The molecular formula is C16H16N4O2S. The van der Waals surface area contributed by atoms with Crippen molar-refractivity contribution in [1.82, 2.24) is 10.3 Å². The second-order valence-corrected chi connectivity index (χ2v) is 6.71. The molecule has 0 bridgehead atoms. The number of aromatic nitrogens is 1. The van der Waals surface area contributed by atoms with E-state index in [4.69, 9.17) is 0 Å². The number of aryl methyl sites for hydroxylation is 2. The van der Waals surface area contributed by atoms with Crippen LogP contribution < -0.4 is 15.5 Å². The molecule has 3 amide bonds. The lowest BCUT2D eigenvalue weighted by Crippen LogP contribution is -2.27. The molecule has 4 rings (SSSR count). The van der Waals surface area contributed by atoms with E-state index in [0.29, 0.717) is 23.8 Å². The van der Waals surface area contributed by atoms with Crippen LogP contribution in [0.4, 0.5) is 15.6 Å². The number of rotatable bonds is 3. The Hall–Kier alpha value is -2.41. The fourth-order valence-electron chi connectivity index (χ4n) is 2.95. The molecule has 2 N–H and O–H groups in total. The average molecular weight is 328 g/mol. The molecule has 2 aliphatic rings. The van der Waals surface area contributed by atoms with Crippen LogP contribution in [-0.2, 0) is 12.8 Å². The number of anilines is 2. The molecule has 0 atom stereocenters.